The van der Waals surface area contributed by atoms with Crippen molar-refractivity contribution in [3.8, 4) is 0 Å². The number of nitrogens with two attached hydrogens (primary N) is 1. The second kappa shape index (κ2) is 4.77. The molecule has 6 heteroatoms. The van der Waals surface area contributed by atoms with Crippen molar-refractivity contribution in [2.45, 2.75) is 33.2 Å². The SMILES string of the molecule is CCC(C)N(CC)C(=O)c1nc(N)n[nH]1. The van der Waals surface area contributed by atoms with E-state index in [2.05, 4.69) is 15.2 Å². The summed E-state index contributed by atoms with van der Waals surface area (Å²) in [5, 5.41) is 6.16. The molecule has 0 aromatic carbocycles. The van der Waals surface area contributed by atoms with Crippen LogP contribution in [0.25, 0.3) is 0 Å². The third-order valence-corrected chi connectivity index (χ3v) is 2.43. The summed E-state index contributed by atoms with van der Waals surface area (Å²) >= 11 is 0. The number of carbonyl (C=O) groups excluding carboxylic acids is 1. The highest BCUT2D eigenvalue weighted by molar-refractivity contribution is 5.90. The van der Waals surface area contributed by atoms with Crippen molar-refractivity contribution in [3.63, 3.8) is 0 Å². The summed E-state index contributed by atoms with van der Waals surface area (Å²) < 4.78 is 0. The number of hydrogen-bond donors (Lipinski definition) is 2. The summed E-state index contributed by atoms with van der Waals surface area (Å²) in [6.07, 6.45) is 0.906. The van der Waals surface area contributed by atoms with E-state index in [0.29, 0.717) is 6.54 Å². The second-order valence-corrected chi connectivity index (χ2v) is 3.39. The molecule has 1 aromatic heterocycles. The monoisotopic (exact) mass is 211 g/mol. The van der Waals surface area contributed by atoms with Crippen molar-refractivity contribution in [2.24, 2.45) is 0 Å². The van der Waals surface area contributed by atoms with E-state index in [1.165, 1.54) is 0 Å². The molecule has 3 N–H and O–H groups in total. The Hall–Kier alpha value is -1.59. The molecule has 0 bridgehead atoms. The minimum atomic E-state index is -0.156. The number of nitrogens with one attached hydrogen (secondary N) is 1. The van der Waals surface area contributed by atoms with Crippen LogP contribution in [0.15, 0.2) is 0 Å². The van der Waals surface area contributed by atoms with E-state index in [9.17, 15) is 4.79 Å². The molecule has 0 aliphatic carbocycles. The van der Waals surface area contributed by atoms with Crippen molar-refractivity contribution in [1.29, 1.82) is 0 Å². The largest absolute Gasteiger partial charge is 0.366 e. The van der Waals surface area contributed by atoms with Crippen molar-refractivity contribution >= 4 is 11.9 Å². The van der Waals surface area contributed by atoms with Crippen LogP contribution in [0.1, 0.15) is 37.8 Å². The Morgan fingerprint density at radius 1 is 1.60 bits per heavy atom. The Morgan fingerprint density at radius 2 is 2.27 bits per heavy atom. The van der Waals surface area contributed by atoms with Gasteiger partial charge < -0.3 is 10.6 Å². The minimum absolute atomic E-state index is 0.0959. The summed E-state index contributed by atoms with van der Waals surface area (Å²) in [5.41, 5.74) is 5.34. The first kappa shape index (κ1) is 11.5. The van der Waals surface area contributed by atoms with Gasteiger partial charge in [0.1, 0.15) is 0 Å². The van der Waals surface area contributed by atoms with Gasteiger partial charge >= 0.3 is 0 Å². The molecule has 0 radical (unpaired) electrons. The van der Waals surface area contributed by atoms with Gasteiger partial charge in [0, 0.05) is 12.6 Å². The van der Waals surface area contributed by atoms with Crippen molar-refractivity contribution in [1.82, 2.24) is 20.1 Å². The van der Waals surface area contributed by atoms with Crippen LogP contribution in [0.4, 0.5) is 5.95 Å². The smallest absolute Gasteiger partial charge is 0.291 e. The molecular formula is C9H17N5O. The summed E-state index contributed by atoms with van der Waals surface area (Å²) in [4.78, 5) is 17.5. The maximum absolute atomic E-state index is 11.9. The Morgan fingerprint density at radius 3 is 2.67 bits per heavy atom. The van der Waals surface area contributed by atoms with Crippen LogP contribution in [0.3, 0.4) is 0 Å². The lowest BCUT2D eigenvalue weighted by molar-refractivity contribution is 0.0688. The second-order valence-electron chi connectivity index (χ2n) is 3.39. The van der Waals surface area contributed by atoms with Crippen LogP contribution in [0.2, 0.25) is 0 Å². The molecule has 1 aromatic rings. The van der Waals surface area contributed by atoms with Gasteiger partial charge in [0.2, 0.25) is 11.8 Å². The predicted molar refractivity (Wildman–Crippen MR) is 57.3 cm³/mol. The van der Waals surface area contributed by atoms with Crippen molar-refractivity contribution in [3.05, 3.63) is 5.82 Å². The zero-order valence-corrected chi connectivity index (χ0v) is 9.32. The average Bonchev–Trinajstić information content (AvgIpc) is 2.65. The molecule has 1 unspecified atom stereocenters. The summed E-state index contributed by atoms with van der Waals surface area (Å²) in [6.45, 7) is 6.62. The molecule has 0 saturated heterocycles. The molecule has 15 heavy (non-hydrogen) atoms. The number of amides is 1. The van der Waals surface area contributed by atoms with E-state index in [4.69, 9.17) is 5.73 Å². The molecule has 0 spiro atoms. The highest BCUT2D eigenvalue weighted by Gasteiger charge is 2.21. The topological polar surface area (TPSA) is 87.9 Å². The molecule has 1 rings (SSSR count). The molecule has 1 heterocycles. The Bertz CT molecular complexity index is 335. The highest BCUT2D eigenvalue weighted by Crippen LogP contribution is 2.07. The number of hydrogen-bond acceptors (Lipinski definition) is 4. The van der Waals surface area contributed by atoms with Crippen LogP contribution in [0, 0.1) is 0 Å². The average molecular weight is 211 g/mol. The van der Waals surface area contributed by atoms with Gasteiger partial charge in [-0.05, 0) is 20.3 Å². The molecule has 0 saturated carbocycles. The maximum atomic E-state index is 11.9. The molecule has 0 aliphatic heterocycles. The van der Waals surface area contributed by atoms with Crippen LogP contribution < -0.4 is 5.73 Å². The Balaban J connectivity index is 2.82. The summed E-state index contributed by atoms with van der Waals surface area (Å²) in [7, 11) is 0. The zero-order valence-electron chi connectivity index (χ0n) is 9.32. The normalized spacial score (nSPS) is 12.5. The first-order chi connectivity index (χ1) is 7.10. The fourth-order valence-electron chi connectivity index (χ4n) is 1.38. The lowest BCUT2D eigenvalue weighted by Crippen LogP contribution is -2.38. The van der Waals surface area contributed by atoms with E-state index < -0.39 is 0 Å². The minimum Gasteiger partial charge on any atom is -0.366 e. The van der Waals surface area contributed by atoms with E-state index in [0.717, 1.165) is 6.42 Å². The highest BCUT2D eigenvalue weighted by atomic mass is 16.2. The first-order valence-electron chi connectivity index (χ1n) is 5.09. The van der Waals surface area contributed by atoms with Crippen molar-refractivity contribution < 1.29 is 4.79 Å². The zero-order chi connectivity index (χ0) is 11.4. The number of carbonyl (C=O) groups is 1. The van der Waals surface area contributed by atoms with Crippen LogP contribution in [0.5, 0.6) is 0 Å². The third-order valence-electron chi connectivity index (χ3n) is 2.43. The molecular weight excluding hydrogens is 194 g/mol. The van der Waals surface area contributed by atoms with Gasteiger partial charge in [-0.25, -0.2) is 0 Å². The lowest BCUT2D eigenvalue weighted by Gasteiger charge is -2.25. The maximum Gasteiger partial charge on any atom is 0.291 e. The lowest BCUT2D eigenvalue weighted by atomic mass is 10.2. The van der Waals surface area contributed by atoms with Gasteiger partial charge in [-0.2, -0.15) is 4.98 Å². The van der Waals surface area contributed by atoms with Gasteiger partial charge in [0.15, 0.2) is 0 Å². The molecule has 0 fully saturated rings. The number of aromatic amines is 1. The Labute approximate surface area is 88.9 Å². The fraction of sp³-hybridized carbons (Fsp3) is 0.667. The van der Waals surface area contributed by atoms with E-state index in [-0.39, 0.29) is 23.7 Å². The van der Waals surface area contributed by atoms with E-state index in [1.54, 1.807) is 4.90 Å². The molecule has 1 amide bonds. The molecule has 84 valence electrons. The Kier molecular flexibility index (Phi) is 3.65. The standard InChI is InChI=1S/C9H17N5O/c1-4-6(3)14(5-2)8(15)7-11-9(10)13-12-7/h6H,4-5H2,1-3H3,(H3,10,11,12,13). The van der Waals surface area contributed by atoms with Crippen LogP contribution in [-0.2, 0) is 0 Å². The van der Waals surface area contributed by atoms with Gasteiger partial charge in [-0.1, -0.05) is 6.92 Å². The van der Waals surface area contributed by atoms with Gasteiger partial charge in [0.25, 0.3) is 5.91 Å². The van der Waals surface area contributed by atoms with Crippen molar-refractivity contribution in [2.75, 3.05) is 12.3 Å². The number of aromatic nitrogens is 3. The van der Waals surface area contributed by atoms with Gasteiger partial charge in [0.05, 0.1) is 0 Å². The third kappa shape index (κ3) is 2.45. The van der Waals surface area contributed by atoms with Gasteiger partial charge in [-0.3, -0.25) is 9.89 Å². The van der Waals surface area contributed by atoms with E-state index in [1.807, 2.05) is 20.8 Å². The summed E-state index contributed by atoms with van der Waals surface area (Å²) in [6, 6.07) is 0.189. The molecule has 6 nitrogen and oxygen atoms in total. The number of rotatable bonds is 4. The number of nitrogens with zero attached hydrogens (tertiary/aromatic N) is 3. The van der Waals surface area contributed by atoms with Crippen LogP contribution in [-0.4, -0.2) is 38.6 Å². The quantitative estimate of drug-likeness (QED) is 0.765. The number of anilines is 1. The van der Waals surface area contributed by atoms with Gasteiger partial charge in [-0.15, -0.1) is 5.10 Å². The molecule has 1 atom stereocenters. The fourth-order valence-corrected chi connectivity index (χ4v) is 1.38. The predicted octanol–water partition coefficient (Wildman–Crippen LogP) is 0.647. The number of nitrogen functional groups attached to an aromatic ring is 1. The number of H-pyrrole nitrogens is 1. The van der Waals surface area contributed by atoms with Crippen LogP contribution >= 0.6 is 0 Å². The summed E-state index contributed by atoms with van der Waals surface area (Å²) in [5.74, 6) is 0.143. The first-order valence-corrected chi connectivity index (χ1v) is 5.09. The molecule has 0 aliphatic rings. The van der Waals surface area contributed by atoms with E-state index >= 15 is 0 Å².